The molecule has 0 spiro atoms. The van der Waals surface area contributed by atoms with Crippen LogP contribution in [-0.4, -0.2) is 4.98 Å². The molecule has 2 rings (SSSR count). The molecule has 1 aromatic heterocycles. The fourth-order valence-electron chi connectivity index (χ4n) is 1.74. The first-order valence-electron chi connectivity index (χ1n) is 5.68. The number of rotatable bonds is 3. The van der Waals surface area contributed by atoms with Crippen molar-refractivity contribution in [1.82, 2.24) is 4.98 Å². The Bertz CT molecular complexity index is 540. The molecule has 4 heteroatoms. The van der Waals surface area contributed by atoms with Gasteiger partial charge in [0.15, 0.2) is 0 Å². The first-order chi connectivity index (χ1) is 8.56. The molecule has 0 saturated carbocycles. The Balaban J connectivity index is 2.13. The van der Waals surface area contributed by atoms with E-state index < -0.39 is 0 Å². The maximum Gasteiger partial charge on any atom is 0.137 e. The fraction of sp³-hybridized carbons (Fsp3) is 0.214. The van der Waals surface area contributed by atoms with Crippen LogP contribution in [0.15, 0.2) is 41.0 Å². The molecule has 2 nitrogen and oxygen atoms in total. The highest BCUT2D eigenvalue weighted by Crippen LogP contribution is 2.21. The van der Waals surface area contributed by atoms with Crippen LogP contribution >= 0.6 is 15.9 Å². The molecule has 1 heterocycles. The number of benzene rings is 1. The standard InChI is InChI=1S/C14H14BrFN2/c1-9-2-4-11(8-18-9)14(17)7-10-3-5-13(16)12(15)6-10/h2-6,8,14H,7,17H2,1H3. The van der Waals surface area contributed by atoms with Gasteiger partial charge in [0.25, 0.3) is 0 Å². The maximum atomic E-state index is 13.1. The second kappa shape index (κ2) is 5.59. The fourth-order valence-corrected chi connectivity index (χ4v) is 2.16. The lowest BCUT2D eigenvalue weighted by Crippen LogP contribution is -2.13. The van der Waals surface area contributed by atoms with Crippen molar-refractivity contribution in [3.8, 4) is 0 Å². The Hall–Kier alpha value is -1.26. The van der Waals surface area contributed by atoms with Crippen LogP contribution in [0.1, 0.15) is 22.9 Å². The number of nitrogens with zero attached hydrogens (tertiary/aromatic N) is 1. The van der Waals surface area contributed by atoms with E-state index >= 15 is 0 Å². The van der Waals surface area contributed by atoms with E-state index in [4.69, 9.17) is 5.73 Å². The molecule has 1 unspecified atom stereocenters. The van der Waals surface area contributed by atoms with Gasteiger partial charge in [-0.3, -0.25) is 4.98 Å². The van der Waals surface area contributed by atoms with Crippen molar-refractivity contribution in [3.63, 3.8) is 0 Å². The average molecular weight is 309 g/mol. The van der Waals surface area contributed by atoms with Crippen LogP contribution in [0.25, 0.3) is 0 Å². The summed E-state index contributed by atoms with van der Waals surface area (Å²) in [5.41, 5.74) is 9.07. The third kappa shape index (κ3) is 3.15. The molecule has 0 bridgehead atoms. The van der Waals surface area contributed by atoms with Crippen LogP contribution in [0.5, 0.6) is 0 Å². The Kier molecular flexibility index (Phi) is 4.09. The van der Waals surface area contributed by atoms with E-state index in [0.29, 0.717) is 10.9 Å². The predicted octanol–water partition coefficient (Wildman–Crippen LogP) is 3.53. The molecular weight excluding hydrogens is 295 g/mol. The van der Waals surface area contributed by atoms with Gasteiger partial charge in [-0.1, -0.05) is 12.1 Å². The van der Waals surface area contributed by atoms with E-state index in [0.717, 1.165) is 16.8 Å². The number of halogens is 2. The molecule has 1 aromatic carbocycles. The summed E-state index contributed by atoms with van der Waals surface area (Å²) in [4.78, 5) is 4.22. The quantitative estimate of drug-likeness (QED) is 0.942. The van der Waals surface area contributed by atoms with Gasteiger partial charge < -0.3 is 5.73 Å². The van der Waals surface area contributed by atoms with Gasteiger partial charge in [0.1, 0.15) is 5.82 Å². The first kappa shape index (κ1) is 13.2. The van der Waals surface area contributed by atoms with Crippen molar-refractivity contribution in [2.24, 2.45) is 5.73 Å². The number of aryl methyl sites for hydroxylation is 1. The third-order valence-electron chi connectivity index (χ3n) is 2.80. The summed E-state index contributed by atoms with van der Waals surface area (Å²) >= 11 is 3.17. The second-order valence-electron chi connectivity index (χ2n) is 4.29. The molecule has 2 N–H and O–H groups in total. The molecule has 0 saturated heterocycles. The lowest BCUT2D eigenvalue weighted by Gasteiger charge is -2.12. The van der Waals surface area contributed by atoms with Gasteiger partial charge >= 0.3 is 0 Å². The molecule has 0 aliphatic rings. The average Bonchev–Trinajstić information content (AvgIpc) is 2.34. The molecular formula is C14H14BrFN2. The molecule has 2 aromatic rings. The van der Waals surface area contributed by atoms with E-state index in [-0.39, 0.29) is 11.9 Å². The van der Waals surface area contributed by atoms with Crippen LogP contribution < -0.4 is 5.73 Å². The lowest BCUT2D eigenvalue weighted by molar-refractivity contribution is 0.618. The highest BCUT2D eigenvalue weighted by Gasteiger charge is 2.09. The summed E-state index contributed by atoms with van der Waals surface area (Å²) in [6.07, 6.45) is 2.45. The molecule has 1 atom stereocenters. The SMILES string of the molecule is Cc1ccc(C(N)Cc2ccc(F)c(Br)c2)cn1. The van der Waals surface area contributed by atoms with E-state index in [1.807, 2.05) is 19.1 Å². The summed E-state index contributed by atoms with van der Waals surface area (Å²) in [7, 11) is 0. The zero-order valence-corrected chi connectivity index (χ0v) is 11.6. The minimum Gasteiger partial charge on any atom is -0.324 e. The zero-order chi connectivity index (χ0) is 13.1. The van der Waals surface area contributed by atoms with Gasteiger partial charge in [-0.25, -0.2) is 4.39 Å². The number of pyridine rings is 1. The Morgan fingerprint density at radius 1 is 1.33 bits per heavy atom. The van der Waals surface area contributed by atoms with Crippen molar-refractivity contribution >= 4 is 15.9 Å². The van der Waals surface area contributed by atoms with E-state index in [9.17, 15) is 4.39 Å². The normalized spacial score (nSPS) is 12.4. The van der Waals surface area contributed by atoms with Crippen LogP contribution in [0.3, 0.4) is 0 Å². The Morgan fingerprint density at radius 3 is 2.72 bits per heavy atom. The molecule has 18 heavy (non-hydrogen) atoms. The Morgan fingerprint density at radius 2 is 2.11 bits per heavy atom. The second-order valence-corrected chi connectivity index (χ2v) is 5.15. The van der Waals surface area contributed by atoms with E-state index in [1.54, 1.807) is 18.3 Å². The first-order valence-corrected chi connectivity index (χ1v) is 6.47. The van der Waals surface area contributed by atoms with E-state index in [1.165, 1.54) is 6.07 Å². The van der Waals surface area contributed by atoms with Crippen LogP contribution in [-0.2, 0) is 6.42 Å². The number of hydrogen-bond donors (Lipinski definition) is 1. The van der Waals surface area contributed by atoms with Crippen LogP contribution in [0.4, 0.5) is 4.39 Å². The van der Waals surface area contributed by atoms with Gasteiger partial charge in [0, 0.05) is 17.9 Å². The van der Waals surface area contributed by atoms with Crippen LogP contribution in [0, 0.1) is 12.7 Å². The minimum atomic E-state index is -0.260. The van der Waals surface area contributed by atoms with Gasteiger partial charge in [-0.15, -0.1) is 0 Å². The van der Waals surface area contributed by atoms with Crippen molar-refractivity contribution in [2.45, 2.75) is 19.4 Å². The third-order valence-corrected chi connectivity index (χ3v) is 3.41. The van der Waals surface area contributed by atoms with Gasteiger partial charge in [0.05, 0.1) is 4.47 Å². The topological polar surface area (TPSA) is 38.9 Å². The van der Waals surface area contributed by atoms with E-state index in [2.05, 4.69) is 20.9 Å². The maximum absolute atomic E-state index is 13.1. The van der Waals surface area contributed by atoms with Gasteiger partial charge in [-0.2, -0.15) is 0 Å². The molecule has 94 valence electrons. The number of aromatic nitrogens is 1. The smallest absolute Gasteiger partial charge is 0.137 e. The highest BCUT2D eigenvalue weighted by molar-refractivity contribution is 9.10. The lowest BCUT2D eigenvalue weighted by atomic mass is 10.0. The summed E-state index contributed by atoms with van der Waals surface area (Å²) in [5.74, 6) is -0.260. The summed E-state index contributed by atoms with van der Waals surface area (Å²) in [6, 6.07) is 8.75. The minimum absolute atomic E-state index is 0.129. The molecule has 0 amide bonds. The van der Waals surface area contributed by atoms with Gasteiger partial charge in [-0.05, 0) is 58.6 Å². The highest BCUT2D eigenvalue weighted by atomic mass is 79.9. The zero-order valence-electron chi connectivity index (χ0n) is 10.0. The van der Waals surface area contributed by atoms with Gasteiger partial charge in [0.2, 0.25) is 0 Å². The molecule has 0 aliphatic carbocycles. The summed E-state index contributed by atoms with van der Waals surface area (Å²) in [5, 5.41) is 0. The van der Waals surface area contributed by atoms with Crippen molar-refractivity contribution in [2.75, 3.05) is 0 Å². The van der Waals surface area contributed by atoms with Crippen molar-refractivity contribution < 1.29 is 4.39 Å². The number of hydrogen-bond acceptors (Lipinski definition) is 2. The predicted molar refractivity (Wildman–Crippen MR) is 73.7 cm³/mol. The Labute approximate surface area is 114 Å². The number of nitrogens with two attached hydrogens (primary N) is 1. The van der Waals surface area contributed by atoms with Crippen LogP contribution in [0.2, 0.25) is 0 Å². The molecule has 0 aliphatic heterocycles. The summed E-state index contributed by atoms with van der Waals surface area (Å²) < 4.78 is 13.6. The molecule has 0 radical (unpaired) electrons. The molecule has 0 fully saturated rings. The largest absolute Gasteiger partial charge is 0.324 e. The summed E-state index contributed by atoms with van der Waals surface area (Å²) in [6.45, 7) is 1.94. The van der Waals surface area contributed by atoms with Crippen molar-refractivity contribution in [3.05, 3.63) is 63.6 Å². The van der Waals surface area contributed by atoms with Crippen molar-refractivity contribution in [1.29, 1.82) is 0 Å². The monoisotopic (exact) mass is 308 g/mol.